The van der Waals surface area contributed by atoms with Gasteiger partial charge in [0.05, 0.1) is 19.1 Å². The molecule has 106 valence electrons. The first kappa shape index (κ1) is 15.3. The molecule has 0 aromatic rings. The Hall–Kier alpha value is -0.770. The molecule has 1 aliphatic rings. The van der Waals surface area contributed by atoms with Crippen LogP contribution in [0.1, 0.15) is 13.3 Å². The number of aliphatic hydroxyl groups is 5. The summed E-state index contributed by atoms with van der Waals surface area (Å²) >= 11 is 0. The van der Waals surface area contributed by atoms with E-state index in [-0.39, 0.29) is 6.42 Å². The first-order valence-corrected chi connectivity index (χ1v) is 5.64. The van der Waals surface area contributed by atoms with Crippen molar-refractivity contribution in [1.29, 1.82) is 0 Å². The van der Waals surface area contributed by atoms with Crippen LogP contribution in [0.4, 0.5) is 0 Å². The number of hydrogen-bond donors (Lipinski definition) is 6. The number of amides is 1. The summed E-state index contributed by atoms with van der Waals surface area (Å²) < 4.78 is 4.85. The van der Waals surface area contributed by atoms with Crippen molar-refractivity contribution in [3.63, 3.8) is 0 Å². The summed E-state index contributed by atoms with van der Waals surface area (Å²) in [6.45, 7) is 0.851. The van der Waals surface area contributed by atoms with Crippen molar-refractivity contribution in [3.05, 3.63) is 0 Å². The smallest absolute Gasteiger partial charge is 0.223 e. The lowest BCUT2D eigenvalue weighted by Gasteiger charge is -2.40. The van der Waals surface area contributed by atoms with E-state index in [0.29, 0.717) is 0 Å². The fourth-order valence-electron chi connectivity index (χ4n) is 1.77. The predicted octanol–water partition coefficient (Wildman–Crippen LogP) is -3.33. The van der Waals surface area contributed by atoms with Crippen molar-refractivity contribution >= 4 is 5.91 Å². The Morgan fingerprint density at radius 2 is 1.94 bits per heavy atom. The Balaban J connectivity index is 2.62. The van der Waals surface area contributed by atoms with Crippen LogP contribution in [0.5, 0.6) is 0 Å². The van der Waals surface area contributed by atoms with Crippen LogP contribution >= 0.6 is 0 Å². The van der Waals surface area contributed by atoms with Crippen LogP contribution in [0.15, 0.2) is 0 Å². The number of nitrogens with one attached hydrogen (secondary N) is 1. The molecule has 0 radical (unpaired) electrons. The van der Waals surface area contributed by atoms with Crippen LogP contribution in [-0.2, 0) is 9.53 Å². The van der Waals surface area contributed by atoms with E-state index in [1.807, 2.05) is 0 Å². The molecule has 1 fully saturated rings. The predicted molar refractivity (Wildman–Crippen MR) is 58.2 cm³/mol. The average Bonchev–Trinajstić information content (AvgIpc) is 2.28. The maximum atomic E-state index is 11.4. The molecular weight excluding hydrogens is 246 g/mol. The van der Waals surface area contributed by atoms with Gasteiger partial charge in [-0.3, -0.25) is 4.79 Å². The molecule has 1 amide bonds. The van der Waals surface area contributed by atoms with Crippen molar-refractivity contribution in [2.45, 2.75) is 50.1 Å². The second-order valence-electron chi connectivity index (χ2n) is 4.38. The quantitative estimate of drug-likeness (QED) is 0.312. The average molecular weight is 265 g/mol. The molecule has 6 unspecified atom stereocenters. The molecule has 6 atom stereocenters. The van der Waals surface area contributed by atoms with Gasteiger partial charge in [0, 0.05) is 0 Å². The van der Waals surface area contributed by atoms with Crippen LogP contribution < -0.4 is 5.32 Å². The van der Waals surface area contributed by atoms with Gasteiger partial charge in [-0.1, -0.05) is 0 Å². The van der Waals surface area contributed by atoms with Gasteiger partial charge in [-0.15, -0.1) is 0 Å². The van der Waals surface area contributed by atoms with E-state index in [9.17, 15) is 20.1 Å². The summed E-state index contributed by atoms with van der Waals surface area (Å²) in [4.78, 5) is 11.4. The van der Waals surface area contributed by atoms with Gasteiger partial charge in [0.1, 0.15) is 24.4 Å². The van der Waals surface area contributed by atoms with Gasteiger partial charge >= 0.3 is 0 Å². The first-order valence-electron chi connectivity index (χ1n) is 5.64. The summed E-state index contributed by atoms with van der Waals surface area (Å²) in [5, 5.41) is 49.0. The lowest BCUT2D eigenvalue weighted by atomic mass is 9.97. The van der Waals surface area contributed by atoms with Crippen molar-refractivity contribution in [3.8, 4) is 0 Å². The minimum atomic E-state index is -1.54. The summed E-state index contributed by atoms with van der Waals surface area (Å²) in [6.07, 6.45) is -6.61. The van der Waals surface area contributed by atoms with Crippen LogP contribution in [0.3, 0.4) is 0 Å². The second-order valence-corrected chi connectivity index (χ2v) is 4.38. The van der Waals surface area contributed by atoms with Crippen molar-refractivity contribution in [1.82, 2.24) is 5.32 Å². The van der Waals surface area contributed by atoms with Crippen LogP contribution in [0, 0.1) is 0 Å². The monoisotopic (exact) mass is 265 g/mol. The highest BCUT2D eigenvalue weighted by Gasteiger charge is 2.44. The van der Waals surface area contributed by atoms with E-state index < -0.39 is 49.3 Å². The fraction of sp³-hybridized carbons (Fsp3) is 0.900. The lowest BCUT2D eigenvalue weighted by Crippen LogP contribution is -2.64. The van der Waals surface area contributed by atoms with Gasteiger partial charge in [-0.25, -0.2) is 0 Å². The molecule has 0 spiro atoms. The van der Waals surface area contributed by atoms with Gasteiger partial charge in [-0.05, 0) is 6.92 Å². The number of carbonyl (C=O) groups is 1. The summed E-state index contributed by atoms with van der Waals surface area (Å²) in [7, 11) is 0. The Morgan fingerprint density at radius 3 is 2.44 bits per heavy atom. The van der Waals surface area contributed by atoms with Gasteiger partial charge in [0.2, 0.25) is 5.91 Å². The van der Waals surface area contributed by atoms with Gasteiger partial charge in [-0.2, -0.15) is 0 Å². The summed E-state index contributed by atoms with van der Waals surface area (Å²) in [5.41, 5.74) is 0. The zero-order chi connectivity index (χ0) is 13.9. The van der Waals surface area contributed by atoms with Gasteiger partial charge < -0.3 is 35.6 Å². The highest BCUT2D eigenvalue weighted by Crippen LogP contribution is 2.19. The number of hydrogen-bond acceptors (Lipinski definition) is 7. The molecule has 1 heterocycles. The summed E-state index contributed by atoms with van der Waals surface area (Å²) in [5.74, 6) is -0.591. The minimum absolute atomic E-state index is 0.199. The topological polar surface area (TPSA) is 139 Å². The molecule has 8 heteroatoms. The molecule has 0 aromatic heterocycles. The second kappa shape index (κ2) is 6.41. The maximum Gasteiger partial charge on any atom is 0.223 e. The largest absolute Gasteiger partial charge is 0.394 e. The van der Waals surface area contributed by atoms with Crippen molar-refractivity contribution < 1.29 is 35.1 Å². The zero-order valence-electron chi connectivity index (χ0n) is 9.93. The third-order valence-electron chi connectivity index (χ3n) is 2.71. The highest BCUT2D eigenvalue weighted by atomic mass is 16.6. The molecule has 0 aromatic carbocycles. The van der Waals surface area contributed by atoms with Crippen molar-refractivity contribution in [2.75, 3.05) is 6.61 Å². The minimum Gasteiger partial charge on any atom is -0.394 e. The molecule has 18 heavy (non-hydrogen) atoms. The Kier molecular flexibility index (Phi) is 5.45. The molecule has 0 saturated carbocycles. The lowest BCUT2D eigenvalue weighted by molar-refractivity contribution is -0.253. The van der Waals surface area contributed by atoms with E-state index in [2.05, 4.69) is 5.32 Å². The Labute approximate surface area is 104 Å². The number of rotatable bonds is 4. The third kappa shape index (κ3) is 3.61. The van der Waals surface area contributed by atoms with E-state index in [0.717, 1.165) is 0 Å². The molecule has 1 aliphatic heterocycles. The molecule has 0 aliphatic carbocycles. The first-order chi connectivity index (χ1) is 8.36. The number of ether oxygens (including phenoxy) is 1. The Morgan fingerprint density at radius 1 is 1.33 bits per heavy atom. The van der Waals surface area contributed by atoms with E-state index in [1.54, 1.807) is 0 Å². The van der Waals surface area contributed by atoms with Gasteiger partial charge in [0.25, 0.3) is 0 Å². The zero-order valence-corrected chi connectivity index (χ0v) is 9.93. The number of aliphatic hydroxyl groups excluding tert-OH is 5. The fourth-order valence-corrected chi connectivity index (χ4v) is 1.77. The molecule has 1 saturated heterocycles. The molecule has 6 N–H and O–H groups in total. The standard InChI is InChI=1S/C10H19NO7/c1-4(13)2-6(14)11-7-9(16)8(15)5(3-12)18-10(7)17/h4-5,7-10,12-13,15-17H,2-3H2,1H3,(H,11,14). The Bertz CT molecular complexity index is 285. The normalized spacial score (nSPS) is 38.2. The van der Waals surface area contributed by atoms with E-state index in [4.69, 9.17) is 14.9 Å². The van der Waals surface area contributed by atoms with E-state index >= 15 is 0 Å². The highest BCUT2D eigenvalue weighted by molar-refractivity contribution is 5.76. The third-order valence-corrected chi connectivity index (χ3v) is 2.71. The number of carbonyl (C=O) groups excluding carboxylic acids is 1. The van der Waals surface area contributed by atoms with E-state index in [1.165, 1.54) is 6.92 Å². The molecular formula is C10H19NO7. The van der Waals surface area contributed by atoms with Crippen LogP contribution in [0.2, 0.25) is 0 Å². The van der Waals surface area contributed by atoms with Crippen LogP contribution in [0.25, 0.3) is 0 Å². The maximum absolute atomic E-state index is 11.4. The molecule has 8 nitrogen and oxygen atoms in total. The SMILES string of the molecule is CC(O)CC(=O)NC1C(O)OC(CO)C(O)C1O. The molecule has 1 rings (SSSR count). The van der Waals surface area contributed by atoms with Crippen molar-refractivity contribution in [2.24, 2.45) is 0 Å². The molecule has 0 bridgehead atoms. The summed E-state index contributed by atoms with van der Waals surface area (Å²) in [6, 6.07) is -1.21. The van der Waals surface area contributed by atoms with Gasteiger partial charge in [0.15, 0.2) is 6.29 Å². The van der Waals surface area contributed by atoms with Crippen LogP contribution in [-0.4, -0.2) is 74.8 Å².